The monoisotopic (exact) mass is 733 g/mol. The van der Waals surface area contributed by atoms with Gasteiger partial charge in [-0.25, -0.2) is 23.4 Å². The minimum Gasteiger partial charge on any atom is -0.383 e. The fourth-order valence-electron chi connectivity index (χ4n) is 6.54. The molecule has 1 amide bonds. The number of nitrogens with two attached hydrogens (primary N) is 2. The molecule has 2 aromatic heterocycles. The quantitative estimate of drug-likeness (QED) is 0.248. The Morgan fingerprint density at radius 3 is 2.42 bits per heavy atom. The number of nitrogens with one attached hydrogen (secondary N) is 1. The van der Waals surface area contributed by atoms with Crippen LogP contribution in [-0.2, 0) is 16.2 Å². The molecule has 6 rings (SSSR count). The van der Waals surface area contributed by atoms with Gasteiger partial charge in [0.2, 0.25) is 15.8 Å². The van der Waals surface area contributed by atoms with Crippen molar-refractivity contribution in [2.24, 2.45) is 0 Å². The summed E-state index contributed by atoms with van der Waals surface area (Å²) < 4.78 is 67.6. The first-order chi connectivity index (χ1) is 23.6. The third-order valence-corrected chi connectivity index (χ3v) is 11.5. The number of ketones is 1. The van der Waals surface area contributed by atoms with Crippen LogP contribution in [0.15, 0.2) is 59.3 Å². The second-order valence-electron chi connectivity index (χ2n) is 12.5. The summed E-state index contributed by atoms with van der Waals surface area (Å²) in [7, 11) is -3.97. The SMILES string of the molecule is Nc1nc(N)c(C(=O)/C=C2\CCC3(CCN(C(=O)c4cccc(S(=O)(=O)N5CCCN(c6ccc(C(F)(F)F)cn6)CC5)c4)CC3)N2)nc1Cl. The predicted molar refractivity (Wildman–Crippen MR) is 180 cm³/mol. The van der Waals surface area contributed by atoms with Crippen LogP contribution in [-0.4, -0.2) is 89.1 Å². The number of carbonyl (C=O) groups is 2. The third-order valence-electron chi connectivity index (χ3n) is 9.32. The number of amides is 1. The van der Waals surface area contributed by atoms with E-state index in [2.05, 4.69) is 20.3 Å². The van der Waals surface area contributed by atoms with Gasteiger partial charge in [-0.05, 0) is 62.4 Å². The molecule has 18 heteroatoms. The zero-order chi connectivity index (χ0) is 35.8. The van der Waals surface area contributed by atoms with E-state index in [4.69, 9.17) is 23.1 Å². The van der Waals surface area contributed by atoms with Crippen LogP contribution in [0.1, 0.15) is 58.5 Å². The normalized spacial score (nSPS) is 19.4. The van der Waals surface area contributed by atoms with E-state index in [1.165, 1.54) is 28.6 Å². The number of hydrogen-bond donors (Lipinski definition) is 3. The molecule has 13 nitrogen and oxygen atoms in total. The number of piperidine rings is 1. The van der Waals surface area contributed by atoms with E-state index in [0.717, 1.165) is 18.7 Å². The molecule has 3 fully saturated rings. The van der Waals surface area contributed by atoms with Gasteiger partial charge < -0.3 is 26.6 Å². The van der Waals surface area contributed by atoms with E-state index in [9.17, 15) is 31.2 Å². The number of alkyl halides is 3. The van der Waals surface area contributed by atoms with E-state index in [1.54, 1.807) is 21.9 Å². The number of likely N-dealkylation sites (tertiary alicyclic amines) is 1. The van der Waals surface area contributed by atoms with Crippen LogP contribution in [0, 0.1) is 0 Å². The maximum absolute atomic E-state index is 13.7. The molecule has 3 aliphatic heterocycles. The van der Waals surface area contributed by atoms with Gasteiger partial charge in [-0.2, -0.15) is 17.5 Å². The molecule has 50 heavy (non-hydrogen) atoms. The molecule has 3 aliphatic rings. The second-order valence-corrected chi connectivity index (χ2v) is 14.8. The van der Waals surface area contributed by atoms with Gasteiger partial charge in [-0.3, -0.25) is 9.59 Å². The number of rotatable bonds is 6. The number of allylic oxidation sites excluding steroid dienone is 2. The lowest BCUT2D eigenvalue weighted by molar-refractivity contribution is -0.137. The molecule has 0 radical (unpaired) electrons. The highest BCUT2D eigenvalue weighted by atomic mass is 35.5. The Hall–Kier alpha value is -4.48. The van der Waals surface area contributed by atoms with Crippen molar-refractivity contribution < 1.29 is 31.2 Å². The number of hydrogen-bond acceptors (Lipinski definition) is 11. The van der Waals surface area contributed by atoms with Crippen molar-refractivity contribution >= 4 is 50.8 Å². The maximum Gasteiger partial charge on any atom is 0.417 e. The zero-order valence-electron chi connectivity index (χ0n) is 26.8. The lowest BCUT2D eigenvalue weighted by Gasteiger charge is -2.39. The maximum atomic E-state index is 13.7. The Morgan fingerprint density at radius 1 is 0.960 bits per heavy atom. The van der Waals surface area contributed by atoms with Gasteiger partial charge in [0.15, 0.2) is 22.5 Å². The summed E-state index contributed by atoms with van der Waals surface area (Å²) >= 11 is 5.92. The molecule has 0 unspecified atom stereocenters. The zero-order valence-corrected chi connectivity index (χ0v) is 28.4. The predicted octanol–water partition coefficient (Wildman–Crippen LogP) is 3.73. The molecular weight excluding hydrogens is 699 g/mol. The molecule has 0 bridgehead atoms. The lowest BCUT2D eigenvalue weighted by atomic mass is 9.86. The summed E-state index contributed by atoms with van der Waals surface area (Å²) in [6.07, 6.45) is 0.756. The van der Waals surface area contributed by atoms with Crippen LogP contribution in [0.5, 0.6) is 0 Å². The van der Waals surface area contributed by atoms with Gasteiger partial charge in [-0.1, -0.05) is 17.7 Å². The molecule has 0 saturated carbocycles. The topological polar surface area (TPSA) is 181 Å². The molecule has 3 saturated heterocycles. The molecular formula is C32H35ClF3N9O4S. The minimum atomic E-state index is -4.50. The van der Waals surface area contributed by atoms with Crippen molar-refractivity contribution in [3.63, 3.8) is 0 Å². The summed E-state index contributed by atoms with van der Waals surface area (Å²) in [6.45, 7) is 1.81. The van der Waals surface area contributed by atoms with Crippen molar-refractivity contribution in [2.45, 2.75) is 48.7 Å². The highest BCUT2D eigenvalue weighted by Gasteiger charge is 2.40. The Kier molecular flexibility index (Phi) is 9.67. The number of anilines is 3. The second kappa shape index (κ2) is 13.7. The molecule has 5 heterocycles. The Balaban J connectivity index is 1.06. The number of aromatic nitrogens is 3. The van der Waals surface area contributed by atoms with E-state index in [-0.39, 0.29) is 64.0 Å². The first kappa shape index (κ1) is 35.3. The number of pyridine rings is 1. The van der Waals surface area contributed by atoms with Gasteiger partial charge in [-0.15, -0.1) is 0 Å². The number of carbonyl (C=O) groups excluding carboxylic acids is 2. The largest absolute Gasteiger partial charge is 0.417 e. The molecule has 1 spiro atoms. The van der Waals surface area contributed by atoms with Gasteiger partial charge in [0.1, 0.15) is 5.82 Å². The highest BCUT2D eigenvalue weighted by Crippen LogP contribution is 2.36. The minimum absolute atomic E-state index is 0.0115. The Labute approximate surface area is 291 Å². The van der Waals surface area contributed by atoms with E-state index in [0.29, 0.717) is 56.8 Å². The summed E-state index contributed by atoms with van der Waals surface area (Å²) in [5.74, 6) is -0.578. The van der Waals surface area contributed by atoms with Crippen LogP contribution >= 0.6 is 11.6 Å². The molecule has 3 aromatic rings. The van der Waals surface area contributed by atoms with Gasteiger partial charge in [0, 0.05) is 68.3 Å². The van der Waals surface area contributed by atoms with Crippen molar-refractivity contribution in [1.29, 1.82) is 0 Å². The Morgan fingerprint density at radius 2 is 1.72 bits per heavy atom. The van der Waals surface area contributed by atoms with Crippen molar-refractivity contribution in [2.75, 3.05) is 55.6 Å². The number of sulfonamides is 1. The smallest absolute Gasteiger partial charge is 0.383 e. The van der Waals surface area contributed by atoms with E-state index < -0.39 is 27.5 Å². The van der Waals surface area contributed by atoms with E-state index in [1.807, 2.05) is 0 Å². The first-order valence-corrected chi connectivity index (χ1v) is 17.8. The fraction of sp³-hybridized carbons (Fsp3) is 0.406. The number of halogens is 4. The molecule has 0 atom stereocenters. The molecule has 5 N–H and O–H groups in total. The van der Waals surface area contributed by atoms with Crippen LogP contribution < -0.4 is 21.7 Å². The number of nitrogens with zero attached hydrogens (tertiary/aromatic N) is 6. The van der Waals surface area contributed by atoms with Gasteiger partial charge in [0.05, 0.1) is 10.5 Å². The average molecular weight is 734 g/mol. The lowest BCUT2D eigenvalue weighted by Crippen LogP contribution is -2.51. The fourth-order valence-corrected chi connectivity index (χ4v) is 8.18. The summed E-state index contributed by atoms with van der Waals surface area (Å²) in [4.78, 5) is 41.6. The standard InChI is InChI=1S/C32H35ClF3N9O4S/c33-27-29(38)41-28(37)26(40-27)24(46)18-22-7-8-31(42-22)9-13-44(14-10-31)30(47)20-3-1-4-23(17-20)50(48,49)45-12-2-11-43(15-16-45)25-6-5-21(19-39-25)32(34,35)36/h1,3-6,17-19,42H,2,7-16H2,(H4,37,38,41)/b22-18+. The van der Waals surface area contributed by atoms with Crippen LogP contribution in [0.25, 0.3) is 0 Å². The van der Waals surface area contributed by atoms with Gasteiger partial charge in [0.25, 0.3) is 5.91 Å². The van der Waals surface area contributed by atoms with Crippen molar-refractivity contribution in [3.05, 3.63) is 76.3 Å². The summed E-state index contributed by atoms with van der Waals surface area (Å²) in [5, 5.41) is 3.35. The van der Waals surface area contributed by atoms with Crippen LogP contribution in [0.3, 0.4) is 0 Å². The van der Waals surface area contributed by atoms with Gasteiger partial charge >= 0.3 is 6.18 Å². The van der Waals surface area contributed by atoms with Crippen molar-refractivity contribution in [3.8, 4) is 0 Å². The van der Waals surface area contributed by atoms with Crippen molar-refractivity contribution in [1.82, 2.24) is 29.5 Å². The van der Waals surface area contributed by atoms with Crippen LogP contribution in [0.4, 0.5) is 30.6 Å². The third kappa shape index (κ3) is 7.34. The Bertz CT molecular complexity index is 1940. The average Bonchev–Trinajstić information content (AvgIpc) is 3.29. The van der Waals surface area contributed by atoms with Crippen LogP contribution in [0.2, 0.25) is 5.15 Å². The molecule has 266 valence electrons. The molecule has 1 aromatic carbocycles. The van der Waals surface area contributed by atoms with E-state index >= 15 is 0 Å². The number of benzene rings is 1. The summed E-state index contributed by atoms with van der Waals surface area (Å²) in [5.41, 5.74) is 11.1. The highest BCUT2D eigenvalue weighted by molar-refractivity contribution is 7.89. The number of nitrogen functional groups attached to an aromatic ring is 2. The first-order valence-electron chi connectivity index (χ1n) is 15.9. The molecule has 0 aliphatic carbocycles. The summed E-state index contributed by atoms with van der Waals surface area (Å²) in [6, 6.07) is 8.22.